The molecular weight excluding hydrogens is 432 g/mol. The van der Waals surface area contributed by atoms with Crippen LogP contribution in [0.4, 0.5) is 0 Å². The van der Waals surface area contributed by atoms with E-state index in [0.29, 0.717) is 41.4 Å². The van der Waals surface area contributed by atoms with Crippen LogP contribution in [0.25, 0.3) is 33.6 Å². The molecule has 0 spiro atoms. The van der Waals surface area contributed by atoms with E-state index in [4.69, 9.17) is 19.0 Å². The molecule has 2 aromatic carbocycles. The summed E-state index contributed by atoms with van der Waals surface area (Å²) in [5.41, 5.74) is 4.30. The van der Waals surface area contributed by atoms with Crippen LogP contribution in [0, 0.1) is 17.2 Å². The fraction of sp³-hybridized carbons (Fsp3) is 0.222. The summed E-state index contributed by atoms with van der Waals surface area (Å²) in [7, 11) is 0. The number of nitriles is 1. The van der Waals surface area contributed by atoms with Gasteiger partial charge in [0.2, 0.25) is 0 Å². The number of hydrogen-bond donors (Lipinski definition) is 1. The second kappa shape index (κ2) is 9.00. The number of ether oxygens (including phenoxy) is 2. The fourth-order valence-electron chi connectivity index (χ4n) is 4.17. The lowest BCUT2D eigenvalue weighted by Gasteiger charge is -2.29. The summed E-state index contributed by atoms with van der Waals surface area (Å²) in [5.74, 6) is 0.424. The molecule has 1 aliphatic heterocycles. The van der Waals surface area contributed by atoms with Crippen LogP contribution in [0.5, 0.6) is 5.75 Å². The lowest BCUT2D eigenvalue weighted by molar-refractivity contribution is -0.0165. The molecule has 2 unspecified atom stereocenters. The predicted octanol–water partition coefficient (Wildman–Crippen LogP) is 5.54. The molecule has 0 radical (unpaired) electrons. The van der Waals surface area contributed by atoms with Gasteiger partial charge in [-0.2, -0.15) is 5.26 Å². The van der Waals surface area contributed by atoms with E-state index in [1.54, 1.807) is 24.4 Å². The summed E-state index contributed by atoms with van der Waals surface area (Å²) in [6, 6.07) is 18.0. The largest absolute Gasteiger partial charge is 0.489 e. The number of pyridine rings is 1. The summed E-state index contributed by atoms with van der Waals surface area (Å²) >= 11 is 0. The molecule has 2 atom stereocenters. The molecule has 1 N–H and O–H groups in total. The molecule has 2 aromatic heterocycles. The standard InChI is InChI=1S/C27H22N2O5/c1-16-15-32-11-9-23(16)33-24-7-6-19(12-20(24)14-28)21-8-10-29-22-13-25(34-26(21)22)17-2-4-18(5-3-17)27(30)31/h2-8,10,12-13,16,23H,9,11,15H2,1H3,(H,30,31). The van der Waals surface area contributed by atoms with Crippen LogP contribution in [0.2, 0.25) is 0 Å². The Kier molecular flexibility index (Phi) is 5.74. The van der Waals surface area contributed by atoms with E-state index in [-0.39, 0.29) is 17.6 Å². The smallest absolute Gasteiger partial charge is 0.335 e. The van der Waals surface area contributed by atoms with E-state index < -0.39 is 5.97 Å². The summed E-state index contributed by atoms with van der Waals surface area (Å²) in [6.07, 6.45) is 2.51. The zero-order valence-corrected chi connectivity index (χ0v) is 18.5. The van der Waals surface area contributed by atoms with Gasteiger partial charge in [0, 0.05) is 35.7 Å². The number of carboxylic acids is 1. The monoisotopic (exact) mass is 454 g/mol. The van der Waals surface area contributed by atoms with Crippen molar-refractivity contribution in [3.8, 4) is 34.3 Å². The highest BCUT2D eigenvalue weighted by atomic mass is 16.5. The Balaban J connectivity index is 1.49. The lowest BCUT2D eigenvalue weighted by Crippen LogP contribution is -2.34. The van der Waals surface area contributed by atoms with Crippen molar-refractivity contribution in [1.29, 1.82) is 5.26 Å². The molecule has 5 rings (SSSR count). The second-order valence-corrected chi connectivity index (χ2v) is 8.39. The van der Waals surface area contributed by atoms with Crippen molar-refractivity contribution in [1.82, 2.24) is 4.98 Å². The Morgan fingerprint density at radius 3 is 2.68 bits per heavy atom. The minimum atomic E-state index is -0.980. The first kappa shape index (κ1) is 21.7. The van der Waals surface area contributed by atoms with Gasteiger partial charge in [0.05, 0.1) is 24.3 Å². The second-order valence-electron chi connectivity index (χ2n) is 8.39. The average Bonchev–Trinajstić information content (AvgIpc) is 3.30. The lowest BCUT2D eigenvalue weighted by atomic mass is 10.00. The van der Waals surface area contributed by atoms with E-state index >= 15 is 0 Å². The molecule has 1 fully saturated rings. The van der Waals surface area contributed by atoms with Crippen molar-refractivity contribution in [2.75, 3.05) is 13.2 Å². The Labute approximate surface area is 196 Å². The first-order chi connectivity index (χ1) is 16.5. The highest BCUT2D eigenvalue weighted by Gasteiger charge is 2.24. The zero-order chi connectivity index (χ0) is 23.7. The van der Waals surface area contributed by atoms with Crippen LogP contribution in [-0.2, 0) is 4.74 Å². The molecule has 0 saturated carbocycles. The number of aromatic nitrogens is 1. The normalized spacial score (nSPS) is 17.9. The van der Waals surface area contributed by atoms with Crippen LogP contribution in [0.3, 0.4) is 0 Å². The van der Waals surface area contributed by atoms with E-state index in [1.165, 1.54) is 12.1 Å². The van der Waals surface area contributed by atoms with Gasteiger partial charge in [0.25, 0.3) is 0 Å². The molecule has 3 heterocycles. The average molecular weight is 454 g/mol. The van der Waals surface area contributed by atoms with Gasteiger partial charge in [-0.05, 0) is 35.9 Å². The van der Waals surface area contributed by atoms with E-state index in [9.17, 15) is 10.1 Å². The molecule has 170 valence electrons. The maximum atomic E-state index is 11.1. The van der Waals surface area contributed by atoms with Crippen LogP contribution in [0.1, 0.15) is 29.3 Å². The van der Waals surface area contributed by atoms with Gasteiger partial charge >= 0.3 is 5.97 Å². The maximum Gasteiger partial charge on any atom is 0.335 e. The minimum absolute atomic E-state index is 0.0134. The number of hydrogen-bond acceptors (Lipinski definition) is 6. The molecule has 1 saturated heterocycles. The van der Waals surface area contributed by atoms with E-state index in [0.717, 1.165) is 23.1 Å². The van der Waals surface area contributed by atoms with Gasteiger partial charge in [-0.25, -0.2) is 4.79 Å². The van der Waals surface area contributed by atoms with Crippen LogP contribution < -0.4 is 4.74 Å². The summed E-state index contributed by atoms with van der Waals surface area (Å²) in [6.45, 7) is 3.39. The summed E-state index contributed by atoms with van der Waals surface area (Å²) in [4.78, 5) is 15.5. The van der Waals surface area contributed by atoms with Crippen molar-refractivity contribution in [2.24, 2.45) is 5.92 Å². The molecule has 7 nitrogen and oxygen atoms in total. The minimum Gasteiger partial charge on any atom is -0.489 e. The number of furan rings is 1. The first-order valence-corrected chi connectivity index (χ1v) is 11.0. The molecule has 0 amide bonds. The Bertz CT molecular complexity index is 1400. The quantitative estimate of drug-likeness (QED) is 0.422. The van der Waals surface area contributed by atoms with Crippen molar-refractivity contribution >= 4 is 17.1 Å². The number of carboxylic acid groups (broad SMARTS) is 1. The SMILES string of the molecule is CC1COCCC1Oc1ccc(-c2ccnc3cc(-c4ccc(C(=O)O)cc4)oc23)cc1C#N. The van der Waals surface area contributed by atoms with E-state index in [2.05, 4.69) is 18.0 Å². The molecule has 7 heteroatoms. The van der Waals surface area contributed by atoms with Crippen molar-refractivity contribution in [3.05, 3.63) is 71.9 Å². The highest BCUT2D eigenvalue weighted by Crippen LogP contribution is 2.36. The molecule has 1 aliphatic rings. The Hall–Kier alpha value is -4.15. The van der Waals surface area contributed by atoms with Gasteiger partial charge in [-0.1, -0.05) is 25.1 Å². The third kappa shape index (κ3) is 4.12. The van der Waals surface area contributed by atoms with Crippen molar-refractivity contribution < 1.29 is 23.8 Å². The topological polar surface area (TPSA) is 106 Å². The number of fused-ring (bicyclic) bond motifs is 1. The van der Waals surface area contributed by atoms with E-state index in [1.807, 2.05) is 24.3 Å². The van der Waals surface area contributed by atoms with Crippen LogP contribution >= 0.6 is 0 Å². The third-order valence-corrected chi connectivity index (χ3v) is 6.08. The van der Waals surface area contributed by atoms with Crippen LogP contribution in [0.15, 0.2) is 65.2 Å². The third-order valence-electron chi connectivity index (χ3n) is 6.08. The first-order valence-electron chi connectivity index (χ1n) is 11.0. The number of benzene rings is 2. The number of aromatic carboxylic acids is 1. The Morgan fingerprint density at radius 1 is 1.15 bits per heavy atom. The summed E-state index contributed by atoms with van der Waals surface area (Å²) in [5, 5.41) is 18.9. The number of rotatable bonds is 5. The van der Waals surface area contributed by atoms with Crippen LogP contribution in [-0.4, -0.2) is 35.4 Å². The molecule has 4 aromatic rings. The number of nitrogens with zero attached hydrogens (tertiary/aromatic N) is 2. The molecular formula is C27H22N2O5. The molecule has 34 heavy (non-hydrogen) atoms. The zero-order valence-electron chi connectivity index (χ0n) is 18.5. The fourth-order valence-corrected chi connectivity index (χ4v) is 4.17. The highest BCUT2D eigenvalue weighted by molar-refractivity contribution is 5.93. The predicted molar refractivity (Wildman–Crippen MR) is 126 cm³/mol. The van der Waals surface area contributed by atoms with Gasteiger partial charge < -0.3 is 19.0 Å². The molecule has 0 aliphatic carbocycles. The molecule has 0 bridgehead atoms. The van der Waals surface area contributed by atoms with Crippen molar-refractivity contribution in [2.45, 2.75) is 19.4 Å². The number of carbonyl (C=O) groups is 1. The Morgan fingerprint density at radius 2 is 1.94 bits per heavy atom. The van der Waals surface area contributed by atoms with Gasteiger partial charge in [-0.15, -0.1) is 0 Å². The van der Waals surface area contributed by atoms with Crippen molar-refractivity contribution in [3.63, 3.8) is 0 Å². The van der Waals surface area contributed by atoms with Gasteiger partial charge in [0.1, 0.15) is 29.2 Å². The van der Waals surface area contributed by atoms with Gasteiger partial charge in [-0.3, -0.25) is 4.98 Å². The van der Waals surface area contributed by atoms with Gasteiger partial charge in [0.15, 0.2) is 5.58 Å². The maximum absolute atomic E-state index is 11.1. The summed E-state index contributed by atoms with van der Waals surface area (Å²) < 4.78 is 17.8.